The number of likely N-dealkylation sites (N-methyl/N-ethyl adjacent to an activating group) is 1. The first-order valence-corrected chi connectivity index (χ1v) is 6.85. The molecule has 0 unspecified atom stereocenters. The molecule has 0 radical (unpaired) electrons. The maximum absolute atomic E-state index is 11.9. The molecule has 106 valence electrons. The topological polar surface area (TPSA) is 50.4 Å². The van der Waals surface area contributed by atoms with Crippen LogP contribution in [0.4, 0.5) is 0 Å². The molecule has 2 N–H and O–H groups in total. The van der Waals surface area contributed by atoms with Gasteiger partial charge in [0.05, 0.1) is 6.61 Å². The zero-order valence-electron chi connectivity index (χ0n) is 12.0. The summed E-state index contributed by atoms with van der Waals surface area (Å²) in [5, 5.41) is 6.03. The predicted octanol–water partition coefficient (Wildman–Crippen LogP) is 2.06. The first-order valence-electron chi connectivity index (χ1n) is 6.85. The average molecular weight is 264 g/mol. The number of carbonyl (C=O) groups excluding carboxylic acids is 1. The van der Waals surface area contributed by atoms with E-state index < -0.39 is 0 Å². The van der Waals surface area contributed by atoms with Crippen molar-refractivity contribution in [1.29, 1.82) is 0 Å². The first-order chi connectivity index (χ1) is 9.13. The van der Waals surface area contributed by atoms with Gasteiger partial charge in [-0.2, -0.15) is 0 Å². The second-order valence-electron chi connectivity index (χ2n) is 4.84. The third-order valence-corrected chi connectivity index (χ3v) is 2.52. The highest BCUT2D eigenvalue weighted by atomic mass is 16.5. The predicted molar refractivity (Wildman–Crippen MR) is 77.7 cm³/mol. The van der Waals surface area contributed by atoms with Gasteiger partial charge in [-0.15, -0.1) is 0 Å². The lowest BCUT2D eigenvalue weighted by Gasteiger charge is -2.10. The average Bonchev–Trinajstić information content (AvgIpc) is 2.41. The van der Waals surface area contributed by atoms with Gasteiger partial charge in [0.1, 0.15) is 5.75 Å². The number of hydrogen-bond donors (Lipinski definition) is 2. The van der Waals surface area contributed by atoms with Crippen LogP contribution < -0.4 is 15.4 Å². The molecule has 0 aliphatic rings. The summed E-state index contributed by atoms with van der Waals surface area (Å²) in [7, 11) is 0. The molecule has 0 aliphatic heterocycles. The number of benzene rings is 1. The molecule has 1 aromatic rings. The third-order valence-electron chi connectivity index (χ3n) is 2.52. The van der Waals surface area contributed by atoms with Crippen molar-refractivity contribution >= 4 is 5.91 Å². The van der Waals surface area contributed by atoms with Crippen molar-refractivity contribution in [3.63, 3.8) is 0 Å². The Hall–Kier alpha value is -1.55. The molecule has 0 atom stereocenters. The van der Waals surface area contributed by atoms with Crippen LogP contribution in [0.25, 0.3) is 0 Å². The fourth-order valence-corrected chi connectivity index (χ4v) is 1.53. The highest BCUT2D eigenvalue weighted by Gasteiger charge is 2.06. The Balaban J connectivity index is 2.48. The molecule has 0 spiro atoms. The maximum Gasteiger partial charge on any atom is 0.251 e. The van der Waals surface area contributed by atoms with Crippen molar-refractivity contribution in [2.75, 3.05) is 26.2 Å². The van der Waals surface area contributed by atoms with E-state index in [4.69, 9.17) is 4.74 Å². The van der Waals surface area contributed by atoms with Crippen LogP contribution in [0, 0.1) is 5.92 Å². The molecular formula is C15H24N2O2. The largest absolute Gasteiger partial charge is 0.493 e. The van der Waals surface area contributed by atoms with Gasteiger partial charge in [-0.05, 0) is 30.7 Å². The number of nitrogens with one attached hydrogen (secondary N) is 2. The summed E-state index contributed by atoms with van der Waals surface area (Å²) in [5.41, 5.74) is 0.637. The molecule has 0 saturated heterocycles. The van der Waals surface area contributed by atoms with Crippen LogP contribution >= 0.6 is 0 Å². The van der Waals surface area contributed by atoms with E-state index >= 15 is 0 Å². The van der Waals surface area contributed by atoms with E-state index in [2.05, 4.69) is 24.5 Å². The normalized spacial score (nSPS) is 10.5. The van der Waals surface area contributed by atoms with E-state index in [9.17, 15) is 4.79 Å². The van der Waals surface area contributed by atoms with E-state index in [1.807, 2.05) is 19.1 Å². The third kappa shape index (κ3) is 6.25. The van der Waals surface area contributed by atoms with Crippen LogP contribution in [0.3, 0.4) is 0 Å². The molecule has 1 aromatic carbocycles. The lowest BCUT2D eigenvalue weighted by atomic mass is 10.2. The Morgan fingerprint density at radius 1 is 1.32 bits per heavy atom. The molecule has 0 heterocycles. The van der Waals surface area contributed by atoms with Gasteiger partial charge in [-0.1, -0.05) is 26.8 Å². The second-order valence-corrected chi connectivity index (χ2v) is 4.84. The highest BCUT2D eigenvalue weighted by molar-refractivity contribution is 5.94. The van der Waals surface area contributed by atoms with Crippen LogP contribution in [0.5, 0.6) is 5.75 Å². The molecule has 0 aliphatic carbocycles. The van der Waals surface area contributed by atoms with Gasteiger partial charge in [0, 0.05) is 18.7 Å². The van der Waals surface area contributed by atoms with Gasteiger partial charge in [0.2, 0.25) is 0 Å². The van der Waals surface area contributed by atoms with Crippen LogP contribution in [0.2, 0.25) is 0 Å². The van der Waals surface area contributed by atoms with Crippen LogP contribution in [0.1, 0.15) is 31.1 Å². The quantitative estimate of drug-likeness (QED) is 0.707. The summed E-state index contributed by atoms with van der Waals surface area (Å²) in [6, 6.07) is 7.29. The number of amides is 1. The monoisotopic (exact) mass is 264 g/mol. The summed E-state index contributed by atoms with van der Waals surface area (Å²) >= 11 is 0. The van der Waals surface area contributed by atoms with E-state index in [0.29, 0.717) is 24.6 Å². The van der Waals surface area contributed by atoms with Gasteiger partial charge in [-0.25, -0.2) is 0 Å². The number of hydrogen-bond acceptors (Lipinski definition) is 3. The summed E-state index contributed by atoms with van der Waals surface area (Å²) < 4.78 is 5.61. The lowest BCUT2D eigenvalue weighted by Crippen LogP contribution is -2.31. The van der Waals surface area contributed by atoms with Crippen molar-refractivity contribution < 1.29 is 9.53 Å². The van der Waals surface area contributed by atoms with Gasteiger partial charge in [0.15, 0.2) is 0 Å². The summed E-state index contributed by atoms with van der Waals surface area (Å²) in [4.78, 5) is 11.9. The minimum absolute atomic E-state index is 0.0621. The molecule has 0 saturated carbocycles. The molecular weight excluding hydrogens is 240 g/mol. The highest BCUT2D eigenvalue weighted by Crippen LogP contribution is 2.14. The fourth-order valence-electron chi connectivity index (χ4n) is 1.53. The minimum Gasteiger partial charge on any atom is -0.493 e. The Bertz CT molecular complexity index is 391. The van der Waals surface area contributed by atoms with Crippen molar-refractivity contribution in [2.45, 2.75) is 20.8 Å². The lowest BCUT2D eigenvalue weighted by molar-refractivity contribution is 0.0953. The molecule has 19 heavy (non-hydrogen) atoms. The zero-order chi connectivity index (χ0) is 14.1. The van der Waals surface area contributed by atoms with Crippen molar-refractivity contribution in [3.05, 3.63) is 29.8 Å². The molecule has 0 bridgehead atoms. The van der Waals surface area contributed by atoms with Crippen molar-refractivity contribution in [2.24, 2.45) is 5.92 Å². The number of carbonyl (C=O) groups is 1. The van der Waals surface area contributed by atoms with Crippen LogP contribution in [-0.4, -0.2) is 32.1 Å². The Kier molecular flexibility index (Phi) is 6.97. The van der Waals surface area contributed by atoms with Crippen LogP contribution in [-0.2, 0) is 0 Å². The van der Waals surface area contributed by atoms with Crippen molar-refractivity contribution in [3.8, 4) is 5.75 Å². The maximum atomic E-state index is 11.9. The van der Waals surface area contributed by atoms with Gasteiger partial charge in [0.25, 0.3) is 5.91 Å². The van der Waals surface area contributed by atoms with E-state index in [1.165, 1.54) is 0 Å². The second kappa shape index (κ2) is 8.53. The van der Waals surface area contributed by atoms with Gasteiger partial charge < -0.3 is 15.4 Å². The molecule has 0 fully saturated rings. The Morgan fingerprint density at radius 2 is 2.11 bits per heavy atom. The summed E-state index contributed by atoms with van der Waals surface area (Å²) in [6.07, 6.45) is 0. The number of rotatable bonds is 8. The van der Waals surface area contributed by atoms with E-state index in [1.54, 1.807) is 12.1 Å². The Morgan fingerprint density at radius 3 is 2.79 bits per heavy atom. The zero-order valence-corrected chi connectivity index (χ0v) is 12.0. The Labute approximate surface area is 115 Å². The fraction of sp³-hybridized carbons (Fsp3) is 0.533. The summed E-state index contributed by atoms with van der Waals surface area (Å²) in [6.45, 7) is 9.21. The molecule has 4 nitrogen and oxygen atoms in total. The standard InChI is InChI=1S/C15H24N2O2/c1-4-16-8-9-17-15(18)13-6-5-7-14(10-13)19-11-12(2)3/h5-7,10,12,16H,4,8-9,11H2,1-3H3,(H,17,18). The molecule has 1 amide bonds. The van der Waals surface area contributed by atoms with Gasteiger partial charge >= 0.3 is 0 Å². The smallest absolute Gasteiger partial charge is 0.251 e. The van der Waals surface area contributed by atoms with E-state index in [-0.39, 0.29) is 5.91 Å². The molecule has 1 rings (SSSR count). The SMILES string of the molecule is CCNCCNC(=O)c1cccc(OCC(C)C)c1. The van der Waals surface area contributed by atoms with Crippen molar-refractivity contribution in [1.82, 2.24) is 10.6 Å². The molecule has 4 heteroatoms. The molecule has 0 aromatic heterocycles. The summed E-state index contributed by atoms with van der Waals surface area (Å²) in [5.74, 6) is 1.15. The van der Waals surface area contributed by atoms with Crippen LogP contribution in [0.15, 0.2) is 24.3 Å². The minimum atomic E-state index is -0.0621. The van der Waals surface area contributed by atoms with Gasteiger partial charge in [-0.3, -0.25) is 4.79 Å². The number of ether oxygens (including phenoxy) is 1. The van der Waals surface area contributed by atoms with E-state index in [0.717, 1.165) is 18.8 Å². The first kappa shape index (κ1) is 15.5.